The molecule has 3 atom stereocenters. The van der Waals surface area contributed by atoms with E-state index in [1.807, 2.05) is 6.07 Å². The van der Waals surface area contributed by atoms with Gasteiger partial charge in [-0.1, -0.05) is 12.1 Å². The molecule has 2 aliphatic rings. The first-order chi connectivity index (χ1) is 13.3. The monoisotopic (exact) mass is 384 g/mol. The molecule has 0 saturated carbocycles. The van der Waals surface area contributed by atoms with Gasteiger partial charge < -0.3 is 9.80 Å². The molecule has 2 amide bonds. The van der Waals surface area contributed by atoms with Crippen LogP contribution in [0.4, 0.5) is 8.78 Å². The normalized spacial score (nSPS) is 23.8. The lowest BCUT2D eigenvalue weighted by molar-refractivity contribution is -0.130. The maximum Gasteiger partial charge on any atom is 0.253 e. The molecule has 2 aromatic rings. The minimum Gasteiger partial charge on any atom is -0.338 e. The molecule has 0 radical (unpaired) electrons. The van der Waals surface area contributed by atoms with E-state index in [2.05, 4.69) is 0 Å². The van der Waals surface area contributed by atoms with Crippen LogP contribution in [0.25, 0.3) is 0 Å². The van der Waals surface area contributed by atoms with Gasteiger partial charge in [-0.2, -0.15) is 0 Å². The fourth-order valence-corrected chi connectivity index (χ4v) is 4.61. The average Bonchev–Trinajstić information content (AvgIpc) is 3.21. The van der Waals surface area contributed by atoms with E-state index in [1.54, 1.807) is 28.9 Å². The number of likely N-dealkylation sites (tertiary alicyclic amines) is 2. The fraction of sp³-hybridized carbons (Fsp3) is 0.364. The highest BCUT2D eigenvalue weighted by Crippen LogP contribution is 2.45. The Bertz CT molecular complexity index is 946. The first-order valence-corrected chi connectivity index (χ1v) is 9.43. The molecule has 0 aliphatic carbocycles. The van der Waals surface area contributed by atoms with Crippen LogP contribution in [0.2, 0.25) is 0 Å². The smallest absolute Gasteiger partial charge is 0.253 e. The maximum absolute atomic E-state index is 13.8. The number of hydrogen-bond acceptors (Lipinski definition) is 2. The maximum atomic E-state index is 13.8. The average molecular weight is 384 g/mol. The summed E-state index contributed by atoms with van der Waals surface area (Å²) >= 11 is 0. The molecule has 2 saturated heterocycles. The molecule has 2 aromatic carbocycles. The second-order valence-electron chi connectivity index (χ2n) is 7.77. The molecule has 6 heteroatoms. The molecule has 2 aliphatic heterocycles. The minimum absolute atomic E-state index is 0.0457. The van der Waals surface area contributed by atoms with Gasteiger partial charge in [-0.25, -0.2) is 8.78 Å². The van der Waals surface area contributed by atoms with Gasteiger partial charge in [-0.15, -0.1) is 0 Å². The van der Waals surface area contributed by atoms with Crippen LogP contribution in [-0.2, 0) is 4.79 Å². The van der Waals surface area contributed by atoms with Crippen LogP contribution in [-0.4, -0.2) is 41.2 Å². The predicted octanol–water partition coefficient (Wildman–Crippen LogP) is 3.56. The van der Waals surface area contributed by atoms with Crippen LogP contribution >= 0.6 is 0 Å². The number of carbonyl (C=O) groups is 2. The summed E-state index contributed by atoms with van der Waals surface area (Å²) in [4.78, 5) is 28.6. The molecule has 0 aromatic heterocycles. The zero-order valence-electron chi connectivity index (χ0n) is 15.9. The third-order valence-corrected chi connectivity index (χ3v) is 5.95. The zero-order valence-corrected chi connectivity index (χ0v) is 15.9. The lowest BCUT2D eigenvalue weighted by Crippen LogP contribution is -2.36. The van der Waals surface area contributed by atoms with Crippen molar-refractivity contribution in [2.24, 2.45) is 11.8 Å². The number of hydrogen-bond donors (Lipinski definition) is 0. The summed E-state index contributed by atoms with van der Waals surface area (Å²) in [6, 6.07) is 10.5. The van der Waals surface area contributed by atoms with Crippen molar-refractivity contribution in [3.63, 3.8) is 0 Å². The van der Waals surface area contributed by atoms with E-state index in [0.29, 0.717) is 30.8 Å². The van der Waals surface area contributed by atoms with E-state index in [0.717, 1.165) is 5.56 Å². The molecule has 0 spiro atoms. The van der Waals surface area contributed by atoms with Gasteiger partial charge in [0, 0.05) is 44.0 Å². The van der Waals surface area contributed by atoms with Crippen LogP contribution in [0.15, 0.2) is 42.5 Å². The Morgan fingerprint density at radius 2 is 1.82 bits per heavy atom. The minimum atomic E-state index is -0.336. The molecular weight excluding hydrogens is 362 g/mol. The summed E-state index contributed by atoms with van der Waals surface area (Å²) in [6.07, 6.45) is 0. The molecule has 0 N–H and O–H groups in total. The number of amides is 2. The lowest BCUT2D eigenvalue weighted by atomic mass is 9.89. The summed E-state index contributed by atoms with van der Waals surface area (Å²) in [5.41, 5.74) is 1.66. The number of fused-ring (bicyclic) bond motifs is 1. The van der Waals surface area contributed by atoms with Gasteiger partial charge >= 0.3 is 0 Å². The third kappa shape index (κ3) is 3.17. The van der Waals surface area contributed by atoms with Crippen molar-refractivity contribution in [3.05, 3.63) is 70.8 Å². The van der Waals surface area contributed by atoms with Gasteiger partial charge in [-0.05, 0) is 48.4 Å². The summed E-state index contributed by atoms with van der Waals surface area (Å²) in [5.74, 6) is -0.658. The number of halogens is 2. The summed E-state index contributed by atoms with van der Waals surface area (Å²) in [5, 5.41) is 0. The van der Waals surface area contributed by atoms with Gasteiger partial charge in [0.25, 0.3) is 5.91 Å². The van der Waals surface area contributed by atoms with Gasteiger partial charge in [0.15, 0.2) is 0 Å². The second-order valence-corrected chi connectivity index (χ2v) is 7.77. The lowest BCUT2D eigenvalue weighted by Gasteiger charge is -2.29. The Balaban J connectivity index is 1.60. The van der Waals surface area contributed by atoms with Crippen molar-refractivity contribution in [1.82, 2.24) is 9.80 Å². The molecule has 2 fully saturated rings. The Kier molecular flexibility index (Phi) is 4.65. The fourth-order valence-electron chi connectivity index (χ4n) is 4.61. The quantitative estimate of drug-likeness (QED) is 0.794. The highest BCUT2D eigenvalue weighted by atomic mass is 19.1. The number of benzene rings is 2. The topological polar surface area (TPSA) is 40.6 Å². The van der Waals surface area contributed by atoms with E-state index in [-0.39, 0.29) is 41.3 Å². The van der Waals surface area contributed by atoms with Crippen molar-refractivity contribution >= 4 is 11.8 Å². The highest BCUT2D eigenvalue weighted by Gasteiger charge is 2.49. The zero-order chi connectivity index (χ0) is 20.0. The van der Waals surface area contributed by atoms with Crippen LogP contribution in [0.5, 0.6) is 0 Å². The first-order valence-electron chi connectivity index (χ1n) is 9.43. The SMILES string of the molecule is CC(=O)N1C[C@H]2CN(C(=O)c3ccc(F)c(C)c3)C[C@H]2[C@H]1c1cccc(F)c1. The molecule has 0 unspecified atom stereocenters. The van der Waals surface area contributed by atoms with Crippen molar-refractivity contribution in [3.8, 4) is 0 Å². The molecule has 146 valence electrons. The van der Waals surface area contributed by atoms with E-state index in [9.17, 15) is 18.4 Å². The van der Waals surface area contributed by atoms with Crippen molar-refractivity contribution in [2.45, 2.75) is 19.9 Å². The summed E-state index contributed by atoms with van der Waals surface area (Å²) < 4.78 is 27.3. The van der Waals surface area contributed by atoms with Gasteiger partial charge in [0.05, 0.1) is 6.04 Å². The van der Waals surface area contributed by atoms with Crippen LogP contribution in [0, 0.1) is 30.4 Å². The van der Waals surface area contributed by atoms with Crippen molar-refractivity contribution in [1.29, 1.82) is 0 Å². The first kappa shape index (κ1) is 18.6. The Morgan fingerprint density at radius 3 is 2.50 bits per heavy atom. The molecular formula is C22H22F2N2O2. The van der Waals surface area contributed by atoms with E-state index >= 15 is 0 Å². The number of aryl methyl sites for hydroxylation is 1. The third-order valence-electron chi connectivity index (χ3n) is 5.95. The Hall–Kier alpha value is -2.76. The van der Waals surface area contributed by atoms with Crippen molar-refractivity contribution < 1.29 is 18.4 Å². The van der Waals surface area contributed by atoms with Crippen molar-refractivity contribution in [2.75, 3.05) is 19.6 Å². The molecule has 4 rings (SSSR count). The second kappa shape index (κ2) is 7.00. The summed E-state index contributed by atoms with van der Waals surface area (Å²) in [7, 11) is 0. The van der Waals surface area contributed by atoms with Crippen LogP contribution < -0.4 is 0 Å². The number of carbonyl (C=O) groups excluding carboxylic acids is 2. The van der Waals surface area contributed by atoms with E-state index in [1.165, 1.54) is 31.2 Å². The van der Waals surface area contributed by atoms with E-state index < -0.39 is 0 Å². The van der Waals surface area contributed by atoms with Gasteiger partial charge in [0.1, 0.15) is 11.6 Å². The molecule has 4 nitrogen and oxygen atoms in total. The van der Waals surface area contributed by atoms with Crippen LogP contribution in [0.3, 0.4) is 0 Å². The number of nitrogens with zero attached hydrogens (tertiary/aromatic N) is 2. The summed E-state index contributed by atoms with van der Waals surface area (Å²) in [6.45, 7) is 4.74. The Morgan fingerprint density at radius 1 is 1.04 bits per heavy atom. The predicted molar refractivity (Wildman–Crippen MR) is 101 cm³/mol. The molecule has 2 heterocycles. The Labute approximate surface area is 162 Å². The van der Waals surface area contributed by atoms with Gasteiger partial charge in [-0.3, -0.25) is 9.59 Å². The van der Waals surface area contributed by atoms with E-state index in [4.69, 9.17) is 0 Å². The largest absolute Gasteiger partial charge is 0.338 e. The molecule has 0 bridgehead atoms. The molecule has 28 heavy (non-hydrogen) atoms. The standard InChI is InChI=1S/C22H22F2N2O2/c1-13-8-16(6-7-20(13)24)22(28)25-10-17-11-26(14(2)27)21(19(17)12-25)15-4-3-5-18(23)9-15/h3-9,17,19,21H,10-12H2,1-2H3/t17-,19-,21-/m1/s1. The van der Waals surface area contributed by atoms with Crippen LogP contribution in [0.1, 0.15) is 34.5 Å². The van der Waals surface area contributed by atoms with Gasteiger partial charge in [0.2, 0.25) is 5.91 Å². The number of rotatable bonds is 2. The highest BCUT2D eigenvalue weighted by molar-refractivity contribution is 5.94.